The Morgan fingerprint density at radius 1 is 1.19 bits per heavy atom. The van der Waals surface area contributed by atoms with Gasteiger partial charge in [-0.25, -0.2) is 0 Å². The average molecular weight is 479 g/mol. The quantitative estimate of drug-likeness (QED) is 0.227. The molecular formula is C17H34IN7O. The highest BCUT2D eigenvalue weighted by atomic mass is 127. The van der Waals surface area contributed by atoms with Gasteiger partial charge in [0.25, 0.3) is 0 Å². The fourth-order valence-corrected chi connectivity index (χ4v) is 2.77. The van der Waals surface area contributed by atoms with E-state index in [1.165, 1.54) is 0 Å². The van der Waals surface area contributed by atoms with E-state index in [2.05, 4.69) is 49.1 Å². The first-order valence-corrected chi connectivity index (χ1v) is 9.52. The van der Waals surface area contributed by atoms with E-state index in [-0.39, 0.29) is 24.0 Å². The molecule has 0 unspecified atom stereocenters. The Labute approximate surface area is 174 Å². The maximum Gasteiger partial charge on any atom is 0.191 e. The van der Waals surface area contributed by atoms with Gasteiger partial charge in [0.2, 0.25) is 0 Å². The van der Waals surface area contributed by atoms with Crippen LogP contribution in [0.4, 0.5) is 0 Å². The maximum absolute atomic E-state index is 5.38. The third-order valence-electron chi connectivity index (χ3n) is 4.20. The van der Waals surface area contributed by atoms with E-state index in [0.29, 0.717) is 0 Å². The summed E-state index contributed by atoms with van der Waals surface area (Å²) in [4.78, 5) is 7.07. The predicted molar refractivity (Wildman–Crippen MR) is 115 cm³/mol. The summed E-state index contributed by atoms with van der Waals surface area (Å²) in [5.41, 5.74) is 0. The molecule has 0 bridgehead atoms. The second-order valence-electron chi connectivity index (χ2n) is 6.19. The van der Waals surface area contributed by atoms with Gasteiger partial charge in [-0.15, -0.1) is 34.2 Å². The molecular weight excluding hydrogens is 445 g/mol. The molecule has 1 aromatic heterocycles. The van der Waals surface area contributed by atoms with Gasteiger partial charge < -0.3 is 19.9 Å². The molecule has 8 nitrogen and oxygen atoms in total. The lowest BCUT2D eigenvalue weighted by Gasteiger charge is -2.26. The van der Waals surface area contributed by atoms with Crippen LogP contribution in [-0.4, -0.2) is 78.1 Å². The molecule has 0 aliphatic carbocycles. The van der Waals surface area contributed by atoms with Gasteiger partial charge >= 0.3 is 0 Å². The second kappa shape index (κ2) is 14.2. The molecule has 1 aliphatic heterocycles. The minimum atomic E-state index is 0. The van der Waals surface area contributed by atoms with Crippen LogP contribution in [0.5, 0.6) is 0 Å². The van der Waals surface area contributed by atoms with Crippen molar-refractivity contribution in [2.45, 2.75) is 39.7 Å². The Hall–Kier alpha value is -0.940. The van der Waals surface area contributed by atoms with Crippen molar-refractivity contribution in [1.29, 1.82) is 0 Å². The fourth-order valence-electron chi connectivity index (χ4n) is 2.77. The molecule has 1 saturated heterocycles. The second-order valence-corrected chi connectivity index (χ2v) is 6.19. The largest absolute Gasteiger partial charge is 0.379 e. The Kier molecular flexibility index (Phi) is 12.6. The van der Waals surface area contributed by atoms with Crippen molar-refractivity contribution in [3.8, 4) is 0 Å². The number of ether oxygens (including phenoxy) is 1. The Balaban J connectivity index is 0.00000338. The van der Waals surface area contributed by atoms with Gasteiger partial charge in [-0.05, 0) is 19.4 Å². The number of nitrogens with one attached hydrogen (secondary N) is 2. The molecule has 2 heterocycles. The standard InChI is InChI=1S/C17H33N7O.HI/c1-3-6-18-17(19-7-5-9-23-11-13-25-14-12-23)20-8-10-24-15-21-22-16(24)4-2;/h15H,3-14H2,1-2H3,(H2,18,19,20);1H. The number of aliphatic imine (C=N–C) groups is 1. The van der Waals surface area contributed by atoms with Gasteiger partial charge in [-0.1, -0.05) is 13.8 Å². The van der Waals surface area contributed by atoms with E-state index in [1.807, 2.05) is 0 Å². The summed E-state index contributed by atoms with van der Waals surface area (Å²) in [6.07, 6.45) is 4.85. The molecule has 150 valence electrons. The van der Waals surface area contributed by atoms with Crippen LogP contribution in [0.1, 0.15) is 32.5 Å². The van der Waals surface area contributed by atoms with Crippen LogP contribution < -0.4 is 10.6 Å². The lowest BCUT2D eigenvalue weighted by atomic mass is 10.3. The third kappa shape index (κ3) is 8.63. The van der Waals surface area contributed by atoms with Crippen LogP contribution in [0, 0.1) is 0 Å². The molecule has 2 rings (SSSR count). The number of aromatic nitrogens is 3. The van der Waals surface area contributed by atoms with Crippen LogP contribution in [0.25, 0.3) is 0 Å². The van der Waals surface area contributed by atoms with E-state index in [0.717, 1.165) is 90.1 Å². The summed E-state index contributed by atoms with van der Waals surface area (Å²) in [6, 6.07) is 0. The van der Waals surface area contributed by atoms with Crippen LogP contribution in [0.2, 0.25) is 0 Å². The normalized spacial score (nSPS) is 15.5. The number of rotatable bonds is 10. The molecule has 0 atom stereocenters. The molecule has 26 heavy (non-hydrogen) atoms. The van der Waals surface area contributed by atoms with Crippen molar-refractivity contribution >= 4 is 29.9 Å². The lowest BCUT2D eigenvalue weighted by molar-refractivity contribution is 0.0376. The first kappa shape index (κ1) is 23.1. The number of nitrogens with zero attached hydrogens (tertiary/aromatic N) is 5. The molecule has 0 radical (unpaired) electrons. The van der Waals surface area contributed by atoms with Gasteiger partial charge in [0.1, 0.15) is 12.2 Å². The topological polar surface area (TPSA) is 79.6 Å². The highest BCUT2D eigenvalue weighted by Crippen LogP contribution is 1.97. The van der Waals surface area contributed by atoms with Crippen LogP contribution in [0.15, 0.2) is 11.3 Å². The maximum atomic E-state index is 5.38. The number of halogens is 1. The number of guanidine groups is 1. The molecule has 0 spiro atoms. The first-order chi connectivity index (χ1) is 12.3. The first-order valence-electron chi connectivity index (χ1n) is 9.52. The van der Waals surface area contributed by atoms with Crippen LogP contribution in [0.3, 0.4) is 0 Å². The minimum absolute atomic E-state index is 0. The number of hydrogen-bond acceptors (Lipinski definition) is 5. The number of morpholine rings is 1. The Morgan fingerprint density at radius 2 is 1.96 bits per heavy atom. The van der Waals surface area contributed by atoms with Gasteiger partial charge in [0.05, 0.1) is 13.2 Å². The summed E-state index contributed by atoms with van der Waals surface area (Å²) >= 11 is 0. The molecule has 1 aliphatic rings. The fraction of sp³-hybridized carbons (Fsp3) is 0.824. The van der Waals surface area contributed by atoms with E-state index in [4.69, 9.17) is 4.74 Å². The van der Waals surface area contributed by atoms with E-state index >= 15 is 0 Å². The number of hydrogen-bond donors (Lipinski definition) is 2. The molecule has 9 heteroatoms. The Bertz CT molecular complexity index is 503. The molecule has 1 aromatic rings. The van der Waals surface area contributed by atoms with Crippen molar-refractivity contribution in [2.24, 2.45) is 4.99 Å². The molecule has 0 amide bonds. The highest BCUT2D eigenvalue weighted by Gasteiger charge is 2.09. The van der Waals surface area contributed by atoms with E-state index in [1.54, 1.807) is 6.33 Å². The summed E-state index contributed by atoms with van der Waals surface area (Å²) in [5.74, 6) is 1.92. The van der Waals surface area contributed by atoms with Gasteiger partial charge in [-0.2, -0.15) is 0 Å². The highest BCUT2D eigenvalue weighted by molar-refractivity contribution is 14.0. The van der Waals surface area contributed by atoms with Crippen molar-refractivity contribution in [2.75, 3.05) is 52.5 Å². The van der Waals surface area contributed by atoms with Gasteiger partial charge in [-0.3, -0.25) is 9.89 Å². The van der Waals surface area contributed by atoms with Crippen molar-refractivity contribution in [3.63, 3.8) is 0 Å². The summed E-state index contributed by atoms with van der Waals surface area (Å²) < 4.78 is 7.47. The Morgan fingerprint density at radius 3 is 2.69 bits per heavy atom. The van der Waals surface area contributed by atoms with Crippen LogP contribution in [-0.2, 0) is 17.7 Å². The smallest absolute Gasteiger partial charge is 0.191 e. The van der Waals surface area contributed by atoms with Crippen molar-refractivity contribution in [3.05, 3.63) is 12.2 Å². The molecule has 2 N–H and O–H groups in total. The molecule has 1 fully saturated rings. The lowest BCUT2D eigenvalue weighted by Crippen LogP contribution is -2.41. The minimum Gasteiger partial charge on any atom is -0.379 e. The predicted octanol–water partition coefficient (Wildman–Crippen LogP) is 1.13. The van der Waals surface area contributed by atoms with Crippen molar-refractivity contribution < 1.29 is 4.74 Å². The average Bonchev–Trinajstić information content (AvgIpc) is 3.11. The summed E-state index contributed by atoms with van der Waals surface area (Å²) in [6.45, 7) is 12.6. The SMILES string of the molecule is CCCN=C(NCCCN1CCOCC1)NCCn1cnnc1CC.I. The van der Waals surface area contributed by atoms with Crippen LogP contribution >= 0.6 is 24.0 Å². The zero-order valence-electron chi connectivity index (χ0n) is 16.1. The zero-order chi connectivity index (χ0) is 17.7. The van der Waals surface area contributed by atoms with Crippen molar-refractivity contribution in [1.82, 2.24) is 30.3 Å². The third-order valence-corrected chi connectivity index (χ3v) is 4.20. The van der Waals surface area contributed by atoms with E-state index in [9.17, 15) is 0 Å². The molecule has 0 saturated carbocycles. The van der Waals surface area contributed by atoms with E-state index < -0.39 is 0 Å². The molecule has 0 aromatic carbocycles. The number of aryl methyl sites for hydroxylation is 1. The summed E-state index contributed by atoms with van der Waals surface area (Å²) in [7, 11) is 0. The summed E-state index contributed by atoms with van der Waals surface area (Å²) in [5, 5.41) is 14.9. The monoisotopic (exact) mass is 479 g/mol. The van der Waals surface area contributed by atoms with Gasteiger partial charge in [0.15, 0.2) is 5.96 Å². The van der Waals surface area contributed by atoms with Gasteiger partial charge in [0, 0.05) is 45.7 Å². The zero-order valence-corrected chi connectivity index (χ0v) is 18.4.